The van der Waals surface area contributed by atoms with Crippen molar-refractivity contribution in [2.24, 2.45) is 0 Å². The van der Waals surface area contributed by atoms with Gasteiger partial charge in [-0.05, 0) is 36.3 Å². The van der Waals surface area contributed by atoms with Gasteiger partial charge in [0.05, 0.1) is 0 Å². The van der Waals surface area contributed by atoms with E-state index in [1.165, 1.54) is 19.9 Å². The maximum atomic E-state index is 12.0. The molecular weight excluding hydrogens is 288 g/mol. The summed E-state index contributed by atoms with van der Waals surface area (Å²) in [5.41, 5.74) is 1.38. The molecule has 0 N–H and O–H groups in total. The first-order valence-electron chi connectivity index (χ1n) is 6.94. The topological polar surface area (TPSA) is 71.1 Å². The van der Waals surface area contributed by atoms with E-state index in [9.17, 15) is 9.59 Å². The van der Waals surface area contributed by atoms with Crippen LogP contribution in [0.3, 0.4) is 0 Å². The Bertz CT molecular complexity index is 664. The Labute approximate surface area is 127 Å². The molecule has 22 heavy (non-hydrogen) atoms. The predicted molar refractivity (Wildman–Crippen MR) is 76.4 cm³/mol. The van der Waals surface area contributed by atoms with Crippen LogP contribution in [0.1, 0.15) is 25.0 Å². The molecule has 0 aromatic heterocycles. The Kier molecular flexibility index (Phi) is 3.31. The summed E-state index contributed by atoms with van der Waals surface area (Å²) in [7, 11) is 0. The highest BCUT2D eigenvalue weighted by atomic mass is 16.7. The number of esters is 2. The van der Waals surface area contributed by atoms with Gasteiger partial charge < -0.3 is 18.9 Å². The van der Waals surface area contributed by atoms with Crippen molar-refractivity contribution in [2.45, 2.75) is 26.6 Å². The number of aryl methyl sites for hydroxylation is 1. The van der Waals surface area contributed by atoms with E-state index in [-0.39, 0.29) is 5.57 Å². The molecule has 0 aliphatic carbocycles. The predicted octanol–water partition coefficient (Wildman–Crippen LogP) is 1.99. The van der Waals surface area contributed by atoms with Gasteiger partial charge in [-0.2, -0.15) is 0 Å². The lowest BCUT2D eigenvalue weighted by atomic mass is 10.0. The van der Waals surface area contributed by atoms with Crippen LogP contribution in [0.2, 0.25) is 0 Å². The molecule has 0 atom stereocenters. The highest BCUT2D eigenvalue weighted by Gasteiger charge is 2.38. The van der Waals surface area contributed by atoms with Crippen molar-refractivity contribution >= 4 is 18.0 Å². The molecule has 2 aliphatic rings. The fraction of sp³-hybridized carbons (Fsp3) is 0.375. The van der Waals surface area contributed by atoms with Crippen molar-refractivity contribution in [3.8, 4) is 11.5 Å². The molecule has 0 spiro atoms. The molecule has 1 aromatic carbocycles. The third kappa shape index (κ3) is 2.64. The number of cyclic esters (lactones) is 2. The van der Waals surface area contributed by atoms with Crippen LogP contribution in [-0.2, 0) is 19.1 Å². The average molecular weight is 304 g/mol. The van der Waals surface area contributed by atoms with Crippen LogP contribution in [0.4, 0.5) is 0 Å². The van der Waals surface area contributed by atoms with Crippen LogP contribution in [0.25, 0.3) is 6.08 Å². The number of ether oxygens (including phenoxy) is 4. The standard InChI is InChI=1S/C16H16O6/c1-9-6-12-13(20-5-4-19-12)8-10(9)7-11-14(17)21-16(2,3)22-15(11)18/h6-8H,4-5H2,1-3H3. The summed E-state index contributed by atoms with van der Waals surface area (Å²) in [6, 6.07) is 3.54. The Morgan fingerprint density at radius 2 is 1.55 bits per heavy atom. The van der Waals surface area contributed by atoms with E-state index < -0.39 is 17.7 Å². The van der Waals surface area contributed by atoms with Gasteiger partial charge in [-0.1, -0.05) is 0 Å². The molecule has 2 heterocycles. The van der Waals surface area contributed by atoms with Gasteiger partial charge in [-0.15, -0.1) is 0 Å². The lowest BCUT2D eigenvalue weighted by Gasteiger charge is -2.29. The summed E-state index contributed by atoms with van der Waals surface area (Å²) in [5.74, 6) is -1.40. The van der Waals surface area contributed by atoms with Crippen LogP contribution < -0.4 is 9.47 Å². The summed E-state index contributed by atoms with van der Waals surface area (Å²) >= 11 is 0. The van der Waals surface area contributed by atoms with E-state index in [1.54, 1.807) is 6.07 Å². The molecule has 1 aromatic rings. The van der Waals surface area contributed by atoms with E-state index in [0.29, 0.717) is 30.3 Å². The molecule has 6 nitrogen and oxygen atoms in total. The minimum absolute atomic E-state index is 0.140. The van der Waals surface area contributed by atoms with Crippen molar-refractivity contribution in [2.75, 3.05) is 13.2 Å². The summed E-state index contributed by atoms with van der Waals surface area (Å²) in [6.07, 6.45) is 1.45. The molecule has 0 radical (unpaired) electrons. The molecule has 0 saturated carbocycles. The maximum Gasteiger partial charge on any atom is 0.348 e. The molecule has 116 valence electrons. The first kappa shape index (κ1) is 14.4. The van der Waals surface area contributed by atoms with Gasteiger partial charge in [-0.25, -0.2) is 9.59 Å². The van der Waals surface area contributed by atoms with E-state index in [1.807, 2.05) is 13.0 Å². The quantitative estimate of drug-likeness (QED) is 0.449. The van der Waals surface area contributed by atoms with Crippen molar-refractivity contribution in [3.63, 3.8) is 0 Å². The Morgan fingerprint density at radius 3 is 2.14 bits per heavy atom. The zero-order valence-electron chi connectivity index (χ0n) is 12.6. The minimum atomic E-state index is -1.24. The summed E-state index contributed by atoms with van der Waals surface area (Å²) in [4.78, 5) is 24.0. The van der Waals surface area contributed by atoms with Crippen LogP contribution in [0.15, 0.2) is 17.7 Å². The molecule has 0 amide bonds. The number of carbonyl (C=O) groups excluding carboxylic acids is 2. The van der Waals surface area contributed by atoms with Gasteiger partial charge >= 0.3 is 11.9 Å². The van der Waals surface area contributed by atoms with E-state index >= 15 is 0 Å². The first-order valence-corrected chi connectivity index (χ1v) is 6.94. The third-order valence-corrected chi connectivity index (χ3v) is 3.35. The molecular formula is C16H16O6. The molecule has 0 bridgehead atoms. The SMILES string of the molecule is Cc1cc2c(cc1C=C1C(=O)OC(C)(C)OC1=O)OCCO2. The van der Waals surface area contributed by atoms with E-state index in [4.69, 9.17) is 18.9 Å². The number of benzene rings is 1. The molecule has 1 fully saturated rings. The lowest BCUT2D eigenvalue weighted by molar-refractivity contribution is -0.222. The zero-order chi connectivity index (χ0) is 15.9. The van der Waals surface area contributed by atoms with Crippen molar-refractivity contribution in [1.82, 2.24) is 0 Å². The number of fused-ring (bicyclic) bond motifs is 1. The fourth-order valence-corrected chi connectivity index (χ4v) is 2.30. The van der Waals surface area contributed by atoms with Gasteiger partial charge in [0.2, 0.25) is 0 Å². The first-order chi connectivity index (χ1) is 10.4. The van der Waals surface area contributed by atoms with Crippen LogP contribution in [-0.4, -0.2) is 30.9 Å². The lowest BCUT2D eigenvalue weighted by Crippen LogP contribution is -2.41. The zero-order valence-corrected chi connectivity index (χ0v) is 12.6. The Morgan fingerprint density at radius 1 is 1.00 bits per heavy atom. The molecule has 0 unspecified atom stereocenters. The number of rotatable bonds is 1. The maximum absolute atomic E-state index is 12.0. The second-order valence-corrected chi connectivity index (χ2v) is 5.59. The second-order valence-electron chi connectivity index (χ2n) is 5.59. The van der Waals surface area contributed by atoms with Crippen LogP contribution in [0.5, 0.6) is 11.5 Å². The van der Waals surface area contributed by atoms with Gasteiger partial charge in [0, 0.05) is 13.8 Å². The van der Waals surface area contributed by atoms with Crippen molar-refractivity contribution in [3.05, 3.63) is 28.8 Å². The van der Waals surface area contributed by atoms with Crippen LogP contribution >= 0.6 is 0 Å². The highest BCUT2D eigenvalue weighted by molar-refractivity contribution is 6.19. The van der Waals surface area contributed by atoms with Gasteiger partial charge in [0.15, 0.2) is 11.5 Å². The summed E-state index contributed by atoms with van der Waals surface area (Å²) in [6.45, 7) is 5.84. The number of hydrogen-bond donors (Lipinski definition) is 0. The van der Waals surface area contributed by atoms with Gasteiger partial charge in [0.1, 0.15) is 18.8 Å². The van der Waals surface area contributed by atoms with Crippen LogP contribution in [0, 0.1) is 6.92 Å². The molecule has 3 rings (SSSR count). The normalized spacial score (nSPS) is 19.3. The van der Waals surface area contributed by atoms with Gasteiger partial charge in [-0.3, -0.25) is 0 Å². The highest BCUT2D eigenvalue weighted by Crippen LogP contribution is 2.34. The summed E-state index contributed by atoms with van der Waals surface area (Å²) < 4.78 is 21.1. The van der Waals surface area contributed by atoms with E-state index in [2.05, 4.69) is 0 Å². The van der Waals surface area contributed by atoms with E-state index in [0.717, 1.165) is 5.56 Å². The number of carbonyl (C=O) groups is 2. The molecule has 2 aliphatic heterocycles. The summed E-state index contributed by atoms with van der Waals surface area (Å²) in [5, 5.41) is 0. The Balaban J connectivity index is 1.98. The molecule has 1 saturated heterocycles. The second kappa shape index (κ2) is 5.05. The minimum Gasteiger partial charge on any atom is -0.486 e. The van der Waals surface area contributed by atoms with Crippen molar-refractivity contribution < 1.29 is 28.5 Å². The molecule has 6 heteroatoms. The van der Waals surface area contributed by atoms with Gasteiger partial charge in [0.25, 0.3) is 5.79 Å². The average Bonchev–Trinajstić information content (AvgIpc) is 2.42. The largest absolute Gasteiger partial charge is 0.486 e. The fourth-order valence-electron chi connectivity index (χ4n) is 2.30. The smallest absolute Gasteiger partial charge is 0.348 e. The number of hydrogen-bond acceptors (Lipinski definition) is 6. The Hall–Kier alpha value is -2.50. The monoisotopic (exact) mass is 304 g/mol. The third-order valence-electron chi connectivity index (χ3n) is 3.35. The van der Waals surface area contributed by atoms with Crippen molar-refractivity contribution in [1.29, 1.82) is 0 Å².